The van der Waals surface area contributed by atoms with Gasteiger partial charge in [-0.3, -0.25) is 4.99 Å². The van der Waals surface area contributed by atoms with E-state index < -0.39 is 0 Å². The molecule has 0 saturated heterocycles. The van der Waals surface area contributed by atoms with Gasteiger partial charge in [-0.2, -0.15) is 0 Å². The lowest BCUT2D eigenvalue weighted by Crippen LogP contribution is -2.25. The third-order valence-corrected chi connectivity index (χ3v) is 4.24. The molecule has 0 bridgehead atoms. The molecule has 0 atom stereocenters. The molecule has 0 saturated carbocycles. The first kappa shape index (κ1) is 19.7. The largest absolute Gasteiger partial charge is 0.494 e. The first-order valence-electron chi connectivity index (χ1n) is 8.96. The highest BCUT2D eigenvalue weighted by Gasteiger charge is 2.09. The number of nitrogens with zero attached hydrogens (tertiary/aromatic N) is 2. The van der Waals surface area contributed by atoms with E-state index in [1.54, 1.807) is 0 Å². The van der Waals surface area contributed by atoms with Gasteiger partial charge in [0, 0.05) is 17.8 Å². The Morgan fingerprint density at radius 1 is 1.19 bits per heavy atom. The highest BCUT2D eigenvalue weighted by atomic mass is 16.5. The summed E-state index contributed by atoms with van der Waals surface area (Å²) in [6, 6.07) is 14.5. The Kier molecular flexibility index (Phi) is 7.42. The molecule has 4 heteroatoms. The molecule has 0 fully saturated rings. The fourth-order valence-electron chi connectivity index (χ4n) is 2.73. The van der Waals surface area contributed by atoms with E-state index in [1.165, 1.54) is 16.7 Å². The quantitative estimate of drug-likeness (QED) is 0.544. The Labute approximate surface area is 157 Å². The van der Waals surface area contributed by atoms with Gasteiger partial charge in [-0.1, -0.05) is 48.5 Å². The second-order valence-corrected chi connectivity index (χ2v) is 6.33. The Balaban J connectivity index is 2.13. The summed E-state index contributed by atoms with van der Waals surface area (Å²) in [5.74, 6) is 0.882. The molecule has 0 heterocycles. The van der Waals surface area contributed by atoms with Crippen molar-refractivity contribution in [2.24, 2.45) is 10.7 Å². The van der Waals surface area contributed by atoms with E-state index in [9.17, 15) is 0 Å². The Morgan fingerprint density at radius 2 is 1.96 bits per heavy atom. The third-order valence-electron chi connectivity index (χ3n) is 4.24. The zero-order valence-electron chi connectivity index (χ0n) is 16.0. The lowest BCUT2D eigenvalue weighted by atomic mass is 10.1. The van der Waals surface area contributed by atoms with Crippen LogP contribution in [0, 0.1) is 13.8 Å². The first-order chi connectivity index (χ1) is 12.5. The fourth-order valence-corrected chi connectivity index (χ4v) is 2.73. The van der Waals surface area contributed by atoms with Gasteiger partial charge in [-0.15, -0.1) is 0 Å². The summed E-state index contributed by atoms with van der Waals surface area (Å²) in [5, 5.41) is 0. The predicted molar refractivity (Wildman–Crippen MR) is 109 cm³/mol. The van der Waals surface area contributed by atoms with Crippen LogP contribution >= 0.6 is 0 Å². The SMILES string of the molecule is C=C(CN)N(C=NCc1ccc(C)cc1C)Cc1ccccc1OCC. The molecule has 2 aromatic rings. The maximum absolute atomic E-state index is 5.81. The number of nitrogens with two attached hydrogens (primary N) is 1. The standard InChI is InChI=1S/C22H29N3O/c1-5-26-22-9-7-6-8-21(22)15-25(19(4)13-23)16-24-14-20-11-10-17(2)12-18(20)3/h6-12,16H,4-5,13-15,23H2,1-3H3. The molecule has 138 valence electrons. The number of para-hydroxylation sites is 1. The number of rotatable bonds is 9. The zero-order chi connectivity index (χ0) is 18.9. The molecule has 2 aromatic carbocycles. The van der Waals surface area contributed by atoms with Gasteiger partial charge in [0.15, 0.2) is 0 Å². The Morgan fingerprint density at radius 3 is 2.65 bits per heavy atom. The van der Waals surface area contributed by atoms with Crippen LogP contribution in [-0.2, 0) is 13.1 Å². The molecule has 4 nitrogen and oxygen atoms in total. The van der Waals surface area contributed by atoms with Crippen LogP contribution in [-0.4, -0.2) is 24.4 Å². The monoisotopic (exact) mass is 351 g/mol. The average Bonchev–Trinajstić information content (AvgIpc) is 2.63. The van der Waals surface area contributed by atoms with E-state index in [1.807, 2.05) is 36.4 Å². The Bertz CT molecular complexity index is 768. The van der Waals surface area contributed by atoms with E-state index in [0.717, 1.165) is 17.0 Å². The van der Waals surface area contributed by atoms with Crippen molar-refractivity contribution in [2.75, 3.05) is 13.2 Å². The average molecular weight is 351 g/mol. The van der Waals surface area contributed by atoms with Crippen LogP contribution in [0.25, 0.3) is 0 Å². The van der Waals surface area contributed by atoms with Crippen LogP contribution in [0.15, 0.2) is 59.7 Å². The van der Waals surface area contributed by atoms with Crippen LogP contribution in [0.5, 0.6) is 5.75 Å². The van der Waals surface area contributed by atoms with E-state index >= 15 is 0 Å². The zero-order valence-corrected chi connectivity index (χ0v) is 16.0. The molecule has 0 aliphatic carbocycles. The number of ether oxygens (including phenoxy) is 1. The Hall–Kier alpha value is -2.59. The highest BCUT2D eigenvalue weighted by Crippen LogP contribution is 2.21. The van der Waals surface area contributed by atoms with Crippen LogP contribution in [0.3, 0.4) is 0 Å². The molecule has 0 radical (unpaired) electrons. The molecule has 26 heavy (non-hydrogen) atoms. The maximum Gasteiger partial charge on any atom is 0.124 e. The number of aliphatic imine (C=N–C) groups is 1. The molecule has 0 aliphatic rings. The summed E-state index contributed by atoms with van der Waals surface area (Å²) < 4.78 is 5.72. The lowest BCUT2D eigenvalue weighted by molar-refractivity contribution is 0.332. The summed E-state index contributed by atoms with van der Waals surface area (Å²) >= 11 is 0. The van der Waals surface area contributed by atoms with Crippen LogP contribution in [0.2, 0.25) is 0 Å². The van der Waals surface area contributed by atoms with Crippen molar-refractivity contribution >= 4 is 6.34 Å². The van der Waals surface area contributed by atoms with Crippen molar-refractivity contribution in [1.29, 1.82) is 0 Å². The number of hydrogen-bond donors (Lipinski definition) is 1. The molecule has 0 aliphatic heterocycles. The van der Waals surface area contributed by atoms with E-state index in [4.69, 9.17) is 10.5 Å². The van der Waals surface area contributed by atoms with Gasteiger partial charge >= 0.3 is 0 Å². The van der Waals surface area contributed by atoms with Gasteiger partial charge in [-0.25, -0.2) is 0 Å². The van der Waals surface area contributed by atoms with Gasteiger partial charge < -0.3 is 15.4 Å². The van der Waals surface area contributed by atoms with Crippen LogP contribution < -0.4 is 10.5 Å². The van der Waals surface area contributed by atoms with Gasteiger partial charge in [0.2, 0.25) is 0 Å². The minimum absolute atomic E-state index is 0.381. The van der Waals surface area contributed by atoms with Crippen molar-refractivity contribution in [3.63, 3.8) is 0 Å². The van der Waals surface area contributed by atoms with Crippen LogP contribution in [0.1, 0.15) is 29.2 Å². The van der Waals surface area contributed by atoms with E-state index in [2.05, 4.69) is 49.7 Å². The first-order valence-corrected chi connectivity index (χ1v) is 8.96. The number of aryl methyl sites for hydroxylation is 2. The minimum Gasteiger partial charge on any atom is -0.494 e. The lowest BCUT2D eigenvalue weighted by Gasteiger charge is -2.22. The minimum atomic E-state index is 0.381. The van der Waals surface area contributed by atoms with Gasteiger partial charge in [0.25, 0.3) is 0 Å². The molecule has 2 rings (SSSR count). The summed E-state index contributed by atoms with van der Waals surface area (Å²) in [6.07, 6.45) is 1.83. The summed E-state index contributed by atoms with van der Waals surface area (Å²) in [4.78, 5) is 6.60. The van der Waals surface area contributed by atoms with Gasteiger partial charge in [-0.05, 0) is 38.0 Å². The summed E-state index contributed by atoms with van der Waals surface area (Å²) in [7, 11) is 0. The maximum atomic E-state index is 5.81. The molecule has 0 unspecified atom stereocenters. The van der Waals surface area contributed by atoms with E-state index in [0.29, 0.717) is 26.2 Å². The topological polar surface area (TPSA) is 50.8 Å². The van der Waals surface area contributed by atoms with Crippen molar-refractivity contribution in [1.82, 2.24) is 4.90 Å². The number of benzene rings is 2. The molecule has 0 spiro atoms. The normalized spacial score (nSPS) is 10.9. The summed E-state index contributed by atoms with van der Waals surface area (Å²) in [5.41, 5.74) is 11.5. The second-order valence-electron chi connectivity index (χ2n) is 6.33. The summed E-state index contributed by atoms with van der Waals surface area (Å²) in [6.45, 7) is 12.5. The van der Waals surface area contributed by atoms with Crippen molar-refractivity contribution in [2.45, 2.75) is 33.9 Å². The van der Waals surface area contributed by atoms with Crippen LogP contribution in [0.4, 0.5) is 0 Å². The fraction of sp³-hybridized carbons (Fsp3) is 0.318. The highest BCUT2D eigenvalue weighted by molar-refractivity contribution is 5.58. The molecule has 0 aromatic heterocycles. The number of hydrogen-bond acceptors (Lipinski definition) is 3. The predicted octanol–water partition coefficient (Wildman–Crippen LogP) is 4.21. The smallest absolute Gasteiger partial charge is 0.124 e. The van der Waals surface area contributed by atoms with Gasteiger partial charge in [0.05, 0.1) is 26.0 Å². The van der Waals surface area contributed by atoms with Crippen molar-refractivity contribution in [3.8, 4) is 5.75 Å². The molecular weight excluding hydrogens is 322 g/mol. The molecule has 2 N–H and O–H groups in total. The van der Waals surface area contributed by atoms with Gasteiger partial charge in [0.1, 0.15) is 5.75 Å². The van der Waals surface area contributed by atoms with Crippen molar-refractivity contribution in [3.05, 3.63) is 77.0 Å². The second kappa shape index (κ2) is 9.78. The van der Waals surface area contributed by atoms with Crippen molar-refractivity contribution < 1.29 is 4.74 Å². The van der Waals surface area contributed by atoms with E-state index in [-0.39, 0.29) is 0 Å². The molecular formula is C22H29N3O. The molecule has 0 amide bonds. The third kappa shape index (κ3) is 5.46.